The Kier molecular flexibility index (Phi) is 4.20. The van der Waals surface area contributed by atoms with Gasteiger partial charge in [-0.05, 0) is 18.9 Å². The van der Waals surface area contributed by atoms with Gasteiger partial charge in [-0.25, -0.2) is 0 Å². The number of benzene rings is 1. The van der Waals surface area contributed by atoms with Gasteiger partial charge in [0.05, 0.1) is 14.2 Å². The van der Waals surface area contributed by atoms with E-state index in [4.69, 9.17) is 15.2 Å². The highest BCUT2D eigenvalue weighted by Gasteiger charge is 2.36. The molecule has 1 saturated carbocycles. The third kappa shape index (κ3) is 2.50. The van der Waals surface area contributed by atoms with Gasteiger partial charge in [0, 0.05) is 23.6 Å². The van der Waals surface area contributed by atoms with E-state index in [9.17, 15) is 5.11 Å². The van der Waals surface area contributed by atoms with E-state index in [1.165, 1.54) is 19.3 Å². The largest absolute Gasteiger partial charge is 0.508 e. The molecule has 1 aliphatic rings. The van der Waals surface area contributed by atoms with Crippen LogP contribution in [0.4, 0.5) is 0 Å². The molecule has 0 radical (unpaired) electrons. The van der Waals surface area contributed by atoms with E-state index >= 15 is 0 Å². The van der Waals surface area contributed by atoms with Crippen LogP contribution < -0.4 is 15.2 Å². The van der Waals surface area contributed by atoms with Crippen molar-refractivity contribution in [2.24, 2.45) is 5.73 Å². The molecule has 1 aromatic rings. The van der Waals surface area contributed by atoms with E-state index in [-0.39, 0.29) is 11.2 Å². The SMILES string of the molecule is COc1cc(O)cc(C2(CN)CCCCC2)c1OC. The molecular formula is C15H23NO3. The van der Waals surface area contributed by atoms with Crippen molar-refractivity contribution < 1.29 is 14.6 Å². The van der Waals surface area contributed by atoms with Crippen LogP contribution in [-0.4, -0.2) is 25.9 Å². The van der Waals surface area contributed by atoms with Gasteiger partial charge in [-0.1, -0.05) is 19.3 Å². The van der Waals surface area contributed by atoms with Gasteiger partial charge >= 0.3 is 0 Å². The molecule has 0 aliphatic heterocycles. The van der Waals surface area contributed by atoms with Crippen LogP contribution in [0.15, 0.2) is 12.1 Å². The summed E-state index contributed by atoms with van der Waals surface area (Å²) in [5, 5.41) is 9.91. The van der Waals surface area contributed by atoms with E-state index in [0.717, 1.165) is 18.4 Å². The van der Waals surface area contributed by atoms with Crippen LogP contribution in [0.1, 0.15) is 37.7 Å². The third-order valence-electron chi connectivity index (χ3n) is 4.24. The van der Waals surface area contributed by atoms with Crippen molar-refractivity contribution in [1.82, 2.24) is 0 Å². The number of hydrogen-bond acceptors (Lipinski definition) is 4. The number of phenols is 1. The van der Waals surface area contributed by atoms with Crippen LogP contribution in [0.3, 0.4) is 0 Å². The number of phenolic OH excluding ortho intramolecular Hbond substituents is 1. The van der Waals surface area contributed by atoms with Gasteiger partial charge in [0.15, 0.2) is 11.5 Å². The molecule has 0 heterocycles. The number of methoxy groups -OCH3 is 2. The zero-order chi connectivity index (χ0) is 13.9. The summed E-state index contributed by atoms with van der Waals surface area (Å²) in [4.78, 5) is 0. The normalized spacial score (nSPS) is 18.1. The Balaban J connectivity index is 2.55. The number of hydrogen-bond donors (Lipinski definition) is 2. The molecule has 106 valence electrons. The van der Waals surface area contributed by atoms with Crippen molar-refractivity contribution in [2.75, 3.05) is 20.8 Å². The zero-order valence-electron chi connectivity index (χ0n) is 11.7. The molecule has 2 rings (SSSR count). The molecule has 0 bridgehead atoms. The fourth-order valence-corrected chi connectivity index (χ4v) is 3.16. The van der Waals surface area contributed by atoms with Gasteiger partial charge in [-0.15, -0.1) is 0 Å². The molecule has 0 spiro atoms. The van der Waals surface area contributed by atoms with Crippen molar-refractivity contribution in [1.29, 1.82) is 0 Å². The summed E-state index contributed by atoms with van der Waals surface area (Å²) in [6.07, 6.45) is 5.65. The zero-order valence-corrected chi connectivity index (χ0v) is 11.7. The van der Waals surface area contributed by atoms with Crippen LogP contribution >= 0.6 is 0 Å². The lowest BCUT2D eigenvalue weighted by Crippen LogP contribution is -2.37. The number of aromatic hydroxyl groups is 1. The first kappa shape index (κ1) is 14.0. The highest BCUT2D eigenvalue weighted by molar-refractivity contribution is 5.54. The monoisotopic (exact) mass is 265 g/mol. The van der Waals surface area contributed by atoms with E-state index in [0.29, 0.717) is 18.0 Å². The molecule has 0 saturated heterocycles. The van der Waals surface area contributed by atoms with Crippen LogP contribution in [0, 0.1) is 0 Å². The summed E-state index contributed by atoms with van der Waals surface area (Å²) >= 11 is 0. The lowest BCUT2D eigenvalue weighted by molar-refractivity contribution is 0.279. The van der Waals surface area contributed by atoms with E-state index in [1.54, 1.807) is 26.4 Å². The van der Waals surface area contributed by atoms with E-state index < -0.39 is 0 Å². The lowest BCUT2D eigenvalue weighted by Gasteiger charge is -2.38. The van der Waals surface area contributed by atoms with Gasteiger partial charge in [0.1, 0.15) is 5.75 Å². The predicted molar refractivity (Wildman–Crippen MR) is 75.0 cm³/mol. The fraction of sp³-hybridized carbons (Fsp3) is 0.600. The Morgan fingerprint density at radius 3 is 2.37 bits per heavy atom. The van der Waals surface area contributed by atoms with Gasteiger partial charge in [-0.3, -0.25) is 0 Å². The summed E-state index contributed by atoms with van der Waals surface area (Å²) in [5.74, 6) is 1.47. The second-order valence-electron chi connectivity index (χ2n) is 5.27. The number of ether oxygens (including phenoxy) is 2. The first-order chi connectivity index (χ1) is 9.16. The molecule has 0 unspecified atom stereocenters. The van der Waals surface area contributed by atoms with Crippen LogP contribution in [0.25, 0.3) is 0 Å². The lowest BCUT2D eigenvalue weighted by atomic mass is 9.69. The first-order valence-corrected chi connectivity index (χ1v) is 6.82. The van der Waals surface area contributed by atoms with Crippen LogP contribution in [0.5, 0.6) is 17.2 Å². The highest BCUT2D eigenvalue weighted by Crippen LogP contribution is 2.47. The van der Waals surface area contributed by atoms with E-state index in [2.05, 4.69) is 0 Å². The standard InChI is InChI=1S/C15H23NO3/c1-18-13-9-11(17)8-12(14(13)19-2)15(10-16)6-4-3-5-7-15/h8-9,17H,3-7,10,16H2,1-2H3. The van der Waals surface area contributed by atoms with Gasteiger partial charge in [0.25, 0.3) is 0 Å². The highest BCUT2D eigenvalue weighted by atomic mass is 16.5. The van der Waals surface area contributed by atoms with Crippen molar-refractivity contribution in [3.05, 3.63) is 17.7 Å². The number of rotatable bonds is 4. The Labute approximate surface area is 114 Å². The maximum Gasteiger partial charge on any atom is 0.164 e. The molecule has 3 N–H and O–H groups in total. The first-order valence-electron chi connectivity index (χ1n) is 6.82. The predicted octanol–water partition coefficient (Wildman–Crippen LogP) is 2.57. The maximum atomic E-state index is 9.91. The van der Waals surface area contributed by atoms with Gasteiger partial charge < -0.3 is 20.3 Å². The minimum absolute atomic E-state index is 0.102. The van der Waals surface area contributed by atoms with Crippen molar-refractivity contribution in [3.8, 4) is 17.2 Å². The Hall–Kier alpha value is -1.42. The summed E-state index contributed by atoms with van der Waals surface area (Å²) in [6.45, 7) is 0.565. The smallest absolute Gasteiger partial charge is 0.164 e. The van der Waals surface area contributed by atoms with E-state index in [1.807, 2.05) is 0 Å². The minimum atomic E-state index is -0.102. The van der Waals surface area contributed by atoms with Gasteiger partial charge in [0.2, 0.25) is 0 Å². The average molecular weight is 265 g/mol. The molecule has 1 fully saturated rings. The van der Waals surface area contributed by atoms with Gasteiger partial charge in [-0.2, -0.15) is 0 Å². The second-order valence-corrected chi connectivity index (χ2v) is 5.27. The molecule has 19 heavy (non-hydrogen) atoms. The molecule has 1 aliphatic carbocycles. The molecule has 0 amide bonds. The summed E-state index contributed by atoms with van der Waals surface area (Å²) in [6, 6.07) is 3.36. The fourth-order valence-electron chi connectivity index (χ4n) is 3.16. The average Bonchev–Trinajstić information content (AvgIpc) is 2.46. The third-order valence-corrected chi connectivity index (χ3v) is 4.24. The van der Waals surface area contributed by atoms with Crippen molar-refractivity contribution in [3.63, 3.8) is 0 Å². The van der Waals surface area contributed by atoms with Crippen molar-refractivity contribution in [2.45, 2.75) is 37.5 Å². The Bertz CT molecular complexity index is 439. The maximum absolute atomic E-state index is 9.91. The van der Waals surface area contributed by atoms with Crippen LogP contribution in [-0.2, 0) is 5.41 Å². The number of nitrogens with two attached hydrogens (primary N) is 1. The summed E-state index contributed by atoms with van der Waals surface area (Å²) in [5.41, 5.74) is 6.94. The Morgan fingerprint density at radius 2 is 1.84 bits per heavy atom. The molecular weight excluding hydrogens is 242 g/mol. The second kappa shape index (κ2) is 5.70. The Morgan fingerprint density at radius 1 is 1.16 bits per heavy atom. The van der Waals surface area contributed by atoms with Crippen LogP contribution in [0.2, 0.25) is 0 Å². The topological polar surface area (TPSA) is 64.7 Å². The molecule has 4 heteroatoms. The molecule has 1 aromatic carbocycles. The minimum Gasteiger partial charge on any atom is -0.508 e. The summed E-state index contributed by atoms with van der Waals surface area (Å²) < 4.78 is 10.8. The molecule has 4 nitrogen and oxygen atoms in total. The van der Waals surface area contributed by atoms with Crippen molar-refractivity contribution >= 4 is 0 Å². The summed E-state index contributed by atoms with van der Waals surface area (Å²) in [7, 11) is 3.21. The quantitative estimate of drug-likeness (QED) is 0.878. The molecule has 0 aromatic heterocycles. The molecule has 0 atom stereocenters.